The molecule has 0 aromatic heterocycles. The van der Waals surface area contributed by atoms with Crippen molar-refractivity contribution in [2.24, 2.45) is 5.92 Å². The molecule has 1 aliphatic heterocycles. The molecule has 166 valence electrons. The molecule has 0 unspecified atom stereocenters. The number of amides is 2. The van der Waals surface area contributed by atoms with Gasteiger partial charge >= 0.3 is 0 Å². The van der Waals surface area contributed by atoms with Gasteiger partial charge in [-0.15, -0.1) is 0 Å². The summed E-state index contributed by atoms with van der Waals surface area (Å²) in [6.45, 7) is 4.19. The van der Waals surface area contributed by atoms with Crippen molar-refractivity contribution in [2.45, 2.75) is 31.6 Å². The van der Waals surface area contributed by atoms with Crippen molar-refractivity contribution in [3.05, 3.63) is 58.6 Å². The summed E-state index contributed by atoms with van der Waals surface area (Å²) in [5.41, 5.74) is 2.66. The smallest absolute Gasteiger partial charge is 0.243 e. The molecule has 9 heteroatoms. The van der Waals surface area contributed by atoms with E-state index in [0.717, 1.165) is 16.8 Å². The van der Waals surface area contributed by atoms with Gasteiger partial charge in [-0.1, -0.05) is 29.8 Å². The molecule has 2 N–H and O–H groups in total. The minimum absolute atomic E-state index is 0.129. The molecule has 2 amide bonds. The van der Waals surface area contributed by atoms with E-state index in [-0.39, 0.29) is 42.3 Å². The molecule has 7 nitrogen and oxygen atoms in total. The Morgan fingerprint density at radius 3 is 2.19 bits per heavy atom. The van der Waals surface area contributed by atoms with E-state index in [1.165, 1.54) is 28.6 Å². The van der Waals surface area contributed by atoms with E-state index >= 15 is 0 Å². The highest BCUT2D eigenvalue weighted by atomic mass is 35.5. The van der Waals surface area contributed by atoms with Crippen molar-refractivity contribution in [1.82, 2.24) is 9.62 Å². The molecule has 31 heavy (non-hydrogen) atoms. The molecule has 2 aromatic carbocycles. The normalized spacial score (nSPS) is 15.5. The SMILES string of the molecule is Cc1cccc(C)c1NC(=O)CNC(=O)C1CCN(S(=O)(=O)c2ccc(Cl)cc2)CC1. The van der Waals surface area contributed by atoms with Crippen LogP contribution in [0, 0.1) is 19.8 Å². The van der Waals surface area contributed by atoms with Crippen LogP contribution in [0.15, 0.2) is 47.4 Å². The van der Waals surface area contributed by atoms with Crippen LogP contribution in [0.2, 0.25) is 5.02 Å². The zero-order valence-corrected chi connectivity index (χ0v) is 19.1. The second-order valence-electron chi connectivity index (χ2n) is 7.67. The van der Waals surface area contributed by atoms with Gasteiger partial charge in [-0.05, 0) is 62.1 Å². The summed E-state index contributed by atoms with van der Waals surface area (Å²) < 4.78 is 26.9. The molecule has 0 atom stereocenters. The molecule has 0 saturated carbocycles. The van der Waals surface area contributed by atoms with Gasteiger partial charge in [0, 0.05) is 29.7 Å². The number of nitrogens with one attached hydrogen (secondary N) is 2. The summed E-state index contributed by atoms with van der Waals surface area (Å²) >= 11 is 5.83. The third-order valence-corrected chi connectivity index (χ3v) is 7.61. The summed E-state index contributed by atoms with van der Waals surface area (Å²) in [5.74, 6) is -0.863. The molecular formula is C22H26ClN3O4S. The quantitative estimate of drug-likeness (QED) is 0.688. The van der Waals surface area contributed by atoms with Crippen molar-refractivity contribution >= 4 is 39.1 Å². The van der Waals surface area contributed by atoms with Gasteiger partial charge in [-0.25, -0.2) is 8.42 Å². The van der Waals surface area contributed by atoms with Gasteiger partial charge in [-0.3, -0.25) is 9.59 Å². The Morgan fingerprint density at radius 2 is 1.61 bits per heavy atom. The maximum absolute atomic E-state index is 12.7. The topological polar surface area (TPSA) is 95.6 Å². The predicted molar refractivity (Wildman–Crippen MR) is 120 cm³/mol. The molecule has 0 aliphatic carbocycles. The number of anilines is 1. The summed E-state index contributed by atoms with van der Waals surface area (Å²) in [4.78, 5) is 24.9. The number of carbonyl (C=O) groups excluding carboxylic acids is 2. The van der Waals surface area contributed by atoms with Crippen molar-refractivity contribution < 1.29 is 18.0 Å². The minimum atomic E-state index is -3.62. The van der Waals surface area contributed by atoms with Crippen LogP contribution < -0.4 is 10.6 Å². The van der Waals surface area contributed by atoms with E-state index in [9.17, 15) is 18.0 Å². The fourth-order valence-corrected chi connectivity index (χ4v) is 5.22. The van der Waals surface area contributed by atoms with E-state index in [0.29, 0.717) is 17.9 Å². The van der Waals surface area contributed by atoms with Gasteiger partial charge in [0.1, 0.15) is 0 Å². The fraction of sp³-hybridized carbons (Fsp3) is 0.364. The zero-order valence-electron chi connectivity index (χ0n) is 17.5. The van der Waals surface area contributed by atoms with Crippen LogP contribution in [0.25, 0.3) is 0 Å². The average Bonchev–Trinajstić information content (AvgIpc) is 2.75. The largest absolute Gasteiger partial charge is 0.347 e. The number of hydrogen-bond donors (Lipinski definition) is 2. The van der Waals surface area contributed by atoms with E-state index in [1.807, 2.05) is 32.0 Å². The van der Waals surface area contributed by atoms with Gasteiger partial charge < -0.3 is 10.6 Å². The predicted octanol–water partition coefficient (Wildman–Crippen LogP) is 3.11. The second kappa shape index (κ2) is 9.80. The third kappa shape index (κ3) is 5.64. The summed E-state index contributed by atoms with van der Waals surface area (Å²) in [5, 5.41) is 5.97. The monoisotopic (exact) mass is 463 g/mol. The molecule has 0 spiro atoms. The van der Waals surface area contributed by atoms with E-state index in [2.05, 4.69) is 10.6 Å². The van der Waals surface area contributed by atoms with Crippen LogP contribution in [-0.2, 0) is 19.6 Å². The molecule has 0 bridgehead atoms. The summed E-state index contributed by atoms with van der Waals surface area (Å²) in [7, 11) is -3.62. The van der Waals surface area contributed by atoms with Crippen molar-refractivity contribution in [3.8, 4) is 0 Å². The van der Waals surface area contributed by atoms with E-state index in [4.69, 9.17) is 11.6 Å². The lowest BCUT2D eigenvalue weighted by Gasteiger charge is -2.30. The molecule has 1 aliphatic rings. The zero-order chi connectivity index (χ0) is 22.6. The number of piperidine rings is 1. The lowest BCUT2D eigenvalue weighted by Crippen LogP contribution is -2.44. The van der Waals surface area contributed by atoms with E-state index < -0.39 is 10.0 Å². The molecule has 1 heterocycles. The maximum atomic E-state index is 12.7. The number of carbonyl (C=O) groups is 2. The van der Waals surface area contributed by atoms with Crippen LogP contribution in [0.1, 0.15) is 24.0 Å². The first-order valence-corrected chi connectivity index (χ1v) is 11.9. The van der Waals surface area contributed by atoms with Crippen LogP contribution in [0.5, 0.6) is 0 Å². The van der Waals surface area contributed by atoms with Crippen LogP contribution in [0.4, 0.5) is 5.69 Å². The Morgan fingerprint density at radius 1 is 1.03 bits per heavy atom. The first kappa shape index (κ1) is 23.2. The fourth-order valence-electron chi connectivity index (χ4n) is 3.62. The summed E-state index contributed by atoms with van der Waals surface area (Å²) in [6.07, 6.45) is 0.800. The number of halogens is 1. The number of sulfonamides is 1. The van der Waals surface area contributed by atoms with Crippen LogP contribution in [-0.4, -0.2) is 44.2 Å². The highest BCUT2D eigenvalue weighted by Gasteiger charge is 2.32. The van der Waals surface area contributed by atoms with Crippen molar-refractivity contribution in [1.29, 1.82) is 0 Å². The maximum Gasteiger partial charge on any atom is 0.243 e. The number of benzene rings is 2. The molecule has 1 fully saturated rings. The van der Waals surface area contributed by atoms with Gasteiger partial charge in [0.05, 0.1) is 11.4 Å². The number of hydrogen-bond acceptors (Lipinski definition) is 4. The van der Waals surface area contributed by atoms with Gasteiger partial charge in [-0.2, -0.15) is 4.31 Å². The number of aryl methyl sites for hydroxylation is 2. The Bertz CT molecular complexity index is 1040. The lowest BCUT2D eigenvalue weighted by molar-refractivity contribution is -0.128. The minimum Gasteiger partial charge on any atom is -0.347 e. The van der Waals surface area contributed by atoms with Crippen LogP contribution in [0.3, 0.4) is 0 Å². The number of nitrogens with zero attached hydrogens (tertiary/aromatic N) is 1. The summed E-state index contributed by atoms with van der Waals surface area (Å²) in [6, 6.07) is 11.8. The standard InChI is InChI=1S/C22H26ClN3O4S/c1-15-4-3-5-16(2)21(15)25-20(27)14-24-22(28)17-10-12-26(13-11-17)31(29,30)19-8-6-18(23)7-9-19/h3-9,17H,10-14H2,1-2H3,(H,24,28)(H,25,27). The van der Waals surface area contributed by atoms with Crippen LogP contribution >= 0.6 is 11.6 Å². The Balaban J connectivity index is 1.50. The Labute approximate surface area is 187 Å². The molecule has 3 rings (SSSR count). The highest BCUT2D eigenvalue weighted by molar-refractivity contribution is 7.89. The first-order chi connectivity index (χ1) is 14.7. The van der Waals surface area contributed by atoms with Gasteiger partial charge in [0.2, 0.25) is 21.8 Å². The molecule has 2 aromatic rings. The van der Waals surface area contributed by atoms with Crippen molar-refractivity contribution in [2.75, 3.05) is 25.0 Å². The molecular weight excluding hydrogens is 438 g/mol. The average molecular weight is 464 g/mol. The van der Waals surface area contributed by atoms with Crippen molar-refractivity contribution in [3.63, 3.8) is 0 Å². The highest BCUT2D eigenvalue weighted by Crippen LogP contribution is 2.25. The van der Waals surface area contributed by atoms with Gasteiger partial charge in [0.25, 0.3) is 0 Å². The van der Waals surface area contributed by atoms with E-state index in [1.54, 1.807) is 0 Å². The molecule has 1 saturated heterocycles. The second-order valence-corrected chi connectivity index (χ2v) is 10.0. The number of para-hydroxylation sites is 1. The Hall–Kier alpha value is -2.42. The number of rotatable bonds is 6. The third-order valence-electron chi connectivity index (χ3n) is 5.44. The first-order valence-electron chi connectivity index (χ1n) is 10.1. The lowest BCUT2D eigenvalue weighted by atomic mass is 9.97. The Kier molecular flexibility index (Phi) is 7.35. The molecule has 0 radical (unpaired) electrons. The van der Waals surface area contributed by atoms with Gasteiger partial charge in [0.15, 0.2) is 0 Å².